The highest BCUT2D eigenvalue weighted by molar-refractivity contribution is 9.10. The lowest BCUT2D eigenvalue weighted by Crippen LogP contribution is -2.16. The third kappa shape index (κ3) is 2.84. The van der Waals surface area contributed by atoms with Crippen molar-refractivity contribution in [2.45, 2.75) is 20.0 Å². The van der Waals surface area contributed by atoms with Crippen LogP contribution in [0.2, 0.25) is 0 Å². The molecule has 0 bridgehead atoms. The Kier molecular flexibility index (Phi) is 4.03. The number of rotatable bonds is 4. The van der Waals surface area contributed by atoms with E-state index < -0.39 is 0 Å². The number of nitrogens with zero attached hydrogens (tertiary/aromatic N) is 3. The summed E-state index contributed by atoms with van der Waals surface area (Å²) in [6, 6.07) is 10.3. The van der Waals surface area contributed by atoms with Gasteiger partial charge in [0.1, 0.15) is 0 Å². The number of hydrogen-bond donors (Lipinski definition) is 1. The number of aromatic nitrogens is 3. The molecule has 0 radical (unpaired) electrons. The summed E-state index contributed by atoms with van der Waals surface area (Å²) in [5.74, 6) is 0. The molecule has 2 heterocycles. The van der Waals surface area contributed by atoms with Gasteiger partial charge in [-0.1, -0.05) is 24.3 Å². The maximum Gasteiger partial charge on any atom is 0.0746 e. The Hall–Kier alpha value is -1.72. The van der Waals surface area contributed by atoms with E-state index in [1.54, 1.807) is 0 Å². The summed E-state index contributed by atoms with van der Waals surface area (Å²) in [5, 5.41) is 9.05. The van der Waals surface area contributed by atoms with Gasteiger partial charge >= 0.3 is 0 Å². The normalized spacial score (nSPS) is 11.2. The fourth-order valence-corrected chi connectivity index (χ4v) is 2.97. The molecular weight excluding hydrogens is 328 g/mol. The predicted octanol–water partition coefficient (Wildman–Crippen LogP) is 3.33. The van der Waals surface area contributed by atoms with Gasteiger partial charge in [-0.15, -0.1) is 0 Å². The predicted molar refractivity (Wildman–Crippen MR) is 87.9 cm³/mol. The van der Waals surface area contributed by atoms with Crippen molar-refractivity contribution >= 4 is 26.8 Å². The molecule has 3 aromatic rings. The van der Waals surface area contributed by atoms with Crippen molar-refractivity contribution in [1.82, 2.24) is 20.1 Å². The van der Waals surface area contributed by atoms with Gasteiger partial charge in [-0.2, -0.15) is 5.10 Å². The van der Waals surface area contributed by atoms with Crippen molar-refractivity contribution in [2.75, 3.05) is 0 Å². The standard InChI is InChI=1S/C16H17BrN4/c1-11-15(17)14(21(2)20-11)10-18-9-13-6-3-5-12-7-4-8-19-16(12)13/h3-8,18H,9-10H2,1-2H3. The lowest BCUT2D eigenvalue weighted by molar-refractivity contribution is 0.624. The highest BCUT2D eigenvalue weighted by Gasteiger charge is 2.10. The van der Waals surface area contributed by atoms with Gasteiger partial charge in [0.25, 0.3) is 0 Å². The van der Waals surface area contributed by atoms with Gasteiger partial charge in [0, 0.05) is 31.7 Å². The van der Waals surface area contributed by atoms with Crippen molar-refractivity contribution in [3.05, 3.63) is 58.0 Å². The number of benzene rings is 1. The molecule has 4 nitrogen and oxygen atoms in total. The first kappa shape index (κ1) is 14.2. The van der Waals surface area contributed by atoms with Crippen molar-refractivity contribution in [3.8, 4) is 0 Å². The van der Waals surface area contributed by atoms with Crippen LogP contribution in [0.1, 0.15) is 17.0 Å². The third-order valence-corrected chi connectivity index (χ3v) is 4.62. The molecule has 0 unspecified atom stereocenters. The van der Waals surface area contributed by atoms with Gasteiger partial charge in [0.15, 0.2) is 0 Å². The zero-order valence-electron chi connectivity index (χ0n) is 12.1. The highest BCUT2D eigenvalue weighted by Crippen LogP contribution is 2.20. The van der Waals surface area contributed by atoms with Gasteiger partial charge < -0.3 is 5.32 Å². The van der Waals surface area contributed by atoms with Gasteiger partial charge in [-0.05, 0) is 34.5 Å². The monoisotopic (exact) mass is 344 g/mol. The van der Waals surface area contributed by atoms with E-state index in [9.17, 15) is 0 Å². The Labute approximate surface area is 132 Å². The topological polar surface area (TPSA) is 42.7 Å². The molecule has 0 fully saturated rings. The quantitative estimate of drug-likeness (QED) is 0.789. The zero-order valence-corrected chi connectivity index (χ0v) is 13.7. The van der Waals surface area contributed by atoms with Crippen LogP contribution in [0, 0.1) is 6.92 Å². The number of halogens is 1. The Balaban J connectivity index is 1.75. The molecule has 3 rings (SSSR count). The Morgan fingerprint density at radius 1 is 1.19 bits per heavy atom. The maximum absolute atomic E-state index is 4.48. The van der Waals surface area contributed by atoms with Crippen LogP contribution in [0.4, 0.5) is 0 Å². The van der Waals surface area contributed by atoms with Gasteiger partial charge in [-0.25, -0.2) is 0 Å². The average molecular weight is 345 g/mol. The minimum Gasteiger partial charge on any atom is -0.307 e. The van der Waals surface area contributed by atoms with Crippen LogP contribution in [0.15, 0.2) is 41.0 Å². The van der Waals surface area contributed by atoms with Gasteiger partial charge in [0.2, 0.25) is 0 Å². The molecule has 0 saturated carbocycles. The molecule has 1 aromatic carbocycles. The van der Waals surface area contributed by atoms with E-state index in [1.807, 2.05) is 30.9 Å². The SMILES string of the molecule is Cc1nn(C)c(CNCc2cccc3cccnc23)c1Br. The minimum absolute atomic E-state index is 0.765. The lowest BCUT2D eigenvalue weighted by Gasteiger charge is -2.08. The van der Waals surface area contributed by atoms with Crippen LogP contribution in [-0.2, 0) is 20.1 Å². The first-order valence-corrected chi connectivity index (χ1v) is 7.67. The molecular formula is C16H17BrN4. The fourth-order valence-electron chi connectivity index (χ4n) is 2.50. The van der Waals surface area contributed by atoms with E-state index in [0.717, 1.165) is 34.5 Å². The third-order valence-electron chi connectivity index (χ3n) is 3.59. The van der Waals surface area contributed by atoms with E-state index >= 15 is 0 Å². The zero-order chi connectivity index (χ0) is 14.8. The minimum atomic E-state index is 0.765. The van der Waals surface area contributed by atoms with Gasteiger partial charge in [-0.3, -0.25) is 9.67 Å². The number of nitrogens with one attached hydrogen (secondary N) is 1. The number of para-hydroxylation sites is 1. The van der Waals surface area contributed by atoms with Crippen LogP contribution in [-0.4, -0.2) is 14.8 Å². The first-order chi connectivity index (χ1) is 10.2. The smallest absolute Gasteiger partial charge is 0.0746 e. The molecule has 0 aliphatic rings. The molecule has 1 N–H and O–H groups in total. The molecule has 5 heteroatoms. The van der Waals surface area contributed by atoms with Crippen LogP contribution < -0.4 is 5.32 Å². The van der Waals surface area contributed by atoms with Crippen molar-refractivity contribution in [3.63, 3.8) is 0 Å². The fraction of sp³-hybridized carbons (Fsp3) is 0.250. The van der Waals surface area contributed by atoms with Crippen molar-refractivity contribution in [1.29, 1.82) is 0 Å². The van der Waals surface area contributed by atoms with E-state index in [2.05, 4.69) is 55.6 Å². The summed E-state index contributed by atoms with van der Waals surface area (Å²) in [4.78, 5) is 4.48. The summed E-state index contributed by atoms with van der Waals surface area (Å²) in [5.41, 5.74) is 4.44. The summed E-state index contributed by atoms with van der Waals surface area (Å²) in [7, 11) is 1.97. The highest BCUT2D eigenvalue weighted by atomic mass is 79.9. The maximum atomic E-state index is 4.48. The molecule has 2 aromatic heterocycles. The summed E-state index contributed by atoms with van der Waals surface area (Å²) >= 11 is 3.59. The van der Waals surface area contributed by atoms with E-state index in [1.165, 1.54) is 10.9 Å². The van der Waals surface area contributed by atoms with Crippen molar-refractivity contribution < 1.29 is 0 Å². The van der Waals surface area contributed by atoms with Crippen LogP contribution in [0.5, 0.6) is 0 Å². The number of aryl methyl sites for hydroxylation is 2. The van der Waals surface area contributed by atoms with Crippen LogP contribution in [0.25, 0.3) is 10.9 Å². The van der Waals surface area contributed by atoms with Gasteiger partial charge in [0.05, 0.1) is 21.4 Å². The second-order valence-corrected chi connectivity index (χ2v) is 5.86. The molecule has 21 heavy (non-hydrogen) atoms. The Morgan fingerprint density at radius 2 is 2.00 bits per heavy atom. The molecule has 0 amide bonds. The second kappa shape index (κ2) is 5.95. The first-order valence-electron chi connectivity index (χ1n) is 6.88. The number of pyridine rings is 1. The molecule has 0 saturated heterocycles. The number of fused-ring (bicyclic) bond motifs is 1. The van der Waals surface area contributed by atoms with Crippen LogP contribution in [0.3, 0.4) is 0 Å². The van der Waals surface area contributed by atoms with E-state index in [0.29, 0.717) is 0 Å². The van der Waals surface area contributed by atoms with E-state index in [4.69, 9.17) is 0 Å². The second-order valence-electron chi connectivity index (χ2n) is 5.07. The molecule has 0 atom stereocenters. The largest absolute Gasteiger partial charge is 0.307 e. The summed E-state index contributed by atoms with van der Waals surface area (Å²) in [6.45, 7) is 3.55. The Bertz CT molecular complexity index is 774. The number of hydrogen-bond acceptors (Lipinski definition) is 3. The summed E-state index contributed by atoms with van der Waals surface area (Å²) < 4.78 is 2.99. The van der Waals surface area contributed by atoms with Crippen molar-refractivity contribution in [2.24, 2.45) is 7.05 Å². The average Bonchev–Trinajstić information content (AvgIpc) is 2.73. The summed E-state index contributed by atoms with van der Waals surface area (Å²) in [6.07, 6.45) is 1.84. The molecule has 0 aliphatic heterocycles. The molecule has 108 valence electrons. The van der Waals surface area contributed by atoms with Crippen LogP contribution >= 0.6 is 15.9 Å². The van der Waals surface area contributed by atoms with E-state index in [-0.39, 0.29) is 0 Å². The molecule has 0 aliphatic carbocycles. The Morgan fingerprint density at radius 3 is 2.76 bits per heavy atom. The molecule has 0 spiro atoms. The lowest BCUT2D eigenvalue weighted by atomic mass is 10.1.